The van der Waals surface area contributed by atoms with Crippen molar-refractivity contribution in [2.45, 2.75) is 6.54 Å². The van der Waals surface area contributed by atoms with E-state index in [0.717, 1.165) is 18.2 Å². The number of aromatic nitrogens is 2. The van der Waals surface area contributed by atoms with Crippen LogP contribution in [0.5, 0.6) is 0 Å². The van der Waals surface area contributed by atoms with Crippen molar-refractivity contribution in [2.24, 2.45) is 0 Å². The Morgan fingerprint density at radius 2 is 2.21 bits per heavy atom. The van der Waals surface area contributed by atoms with Crippen molar-refractivity contribution >= 4 is 11.5 Å². The minimum atomic E-state index is -0.615. The smallest absolute Gasteiger partial charge is 0.279 e. The molecule has 0 aliphatic rings. The zero-order valence-electron chi connectivity index (χ0n) is 9.78. The van der Waals surface area contributed by atoms with E-state index in [1.165, 1.54) is 10.7 Å². The summed E-state index contributed by atoms with van der Waals surface area (Å²) in [6.07, 6.45) is 0. The summed E-state index contributed by atoms with van der Waals surface area (Å²) in [4.78, 5) is 10.3. The monoisotopic (exact) mass is 266 g/mol. The summed E-state index contributed by atoms with van der Waals surface area (Å²) in [6, 6.07) is 4.52. The van der Waals surface area contributed by atoms with Gasteiger partial charge in [0.1, 0.15) is 17.3 Å². The first-order valence-corrected chi connectivity index (χ1v) is 5.41. The topological polar surface area (TPSA) is 107 Å². The Balaban J connectivity index is 2.54. The van der Waals surface area contributed by atoms with Crippen molar-refractivity contribution < 1.29 is 14.4 Å². The second-order valence-corrected chi connectivity index (χ2v) is 3.82. The van der Waals surface area contributed by atoms with Gasteiger partial charge >= 0.3 is 0 Å². The standard InChI is InChI=1S/C11H11FN4O3/c12-7-1-2-10(16(18)19)8(5-7)9-6-11(13)15(14-9)3-4-17/h1-2,5-6,17H,3-4,13H2. The van der Waals surface area contributed by atoms with Crippen LogP contribution in [-0.2, 0) is 6.54 Å². The number of nitrogen functional groups attached to an aromatic ring is 1. The van der Waals surface area contributed by atoms with Crippen molar-refractivity contribution in [1.82, 2.24) is 9.78 Å². The lowest BCUT2D eigenvalue weighted by atomic mass is 10.1. The Labute approximate surface area is 107 Å². The van der Waals surface area contributed by atoms with E-state index in [-0.39, 0.29) is 35.9 Å². The lowest BCUT2D eigenvalue weighted by Crippen LogP contribution is -2.07. The quantitative estimate of drug-likeness (QED) is 0.638. The Kier molecular flexibility index (Phi) is 3.43. The number of aliphatic hydroxyl groups excluding tert-OH is 1. The van der Waals surface area contributed by atoms with E-state index in [4.69, 9.17) is 10.8 Å². The molecule has 0 aliphatic carbocycles. The van der Waals surface area contributed by atoms with Crippen LogP contribution < -0.4 is 5.73 Å². The van der Waals surface area contributed by atoms with Gasteiger partial charge in [-0.3, -0.25) is 10.1 Å². The third kappa shape index (κ3) is 2.52. The van der Waals surface area contributed by atoms with Crippen LogP contribution in [0.4, 0.5) is 15.9 Å². The maximum absolute atomic E-state index is 13.2. The number of benzene rings is 1. The number of nitrogens with two attached hydrogens (primary N) is 1. The van der Waals surface area contributed by atoms with E-state index in [1.807, 2.05) is 0 Å². The van der Waals surface area contributed by atoms with Crippen LogP contribution in [0.15, 0.2) is 24.3 Å². The van der Waals surface area contributed by atoms with Crippen molar-refractivity contribution in [3.63, 3.8) is 0 Å². The molecule has 0 atom stereocenters. The third-order valence-electron chi connectivity index (χ3n) is 2.55. The molecule has 0 saturated carbocycles. The highest BCUT2D eigenvalue weighted by molar-refractivity contribution is 5.72. The fraction of sp³-hybridized carbons (Fsp3) is 0.182. The molecule has 7 nitrogen and oxygen atoms in total. The van der Waals surface area contributed by atoms with Crippen molar-refractivity contribution in [3.8, 4) is 11.3 Å². The number of halogens is 1. The summed E-state index contributed by atoms with van der Waals surface area (Å²) in [7, 11) is 0. The number of hydrogen-bond donors (Lipinski definition) is 2. The summed E-state index contributed by atoms with van der Waals surface area (Å²) < 4.78 is 14.5. The van der Waals surface area contributed by atoms with Gasteiger partial charge in [0.15, 0.2) is 0 Å². The average molecular weight is 266 g/mol. The van der Waals surface area contributed by atoms with Gasteiger partial charge in [-0.25, -0.2) is 9.07 Å². The van der Waals surface area contributed by atoms with E-state index < -0.39 is 10.7 Å². The highest BCUT2D eigenvalue weighted by Crippen LogP contribution is 2.30. The molecular weight excluding hydrogens is 255 g/mol. The van der Waals surface area contributed by atoms with Crippen molar-refractivity contribution in [3.05, 3.63) is 40.2 Å². The first kappa shape index (κ1) is 13.0. The highest BCUT2D eigenvalue weighted by atomic mass is 19.1. The summed E-state index contributed by atoms with van der Waals surface area (Å²) in [5.74, 6) is -0.363. The molecule has 0 bridgehead atoms. The zero-order valence-corrected chi connectivity index (χ0v) is 9.78. The van der Waals surface area contributed by atoms with Gasteiger partial charge in [0.2, 0.25) is 0 Å². The van der Waals surface area contributed by atoms with Crippen molar-refractivity contribution in [2.75, 3.05) is 12.3 Å². The third-order valence-corrected chi connectivity index (χ3v) is 2.55. The van der Waals surface area contributed by atoms with Crippen LogP contribution in [0.25, 0.3) is 11.3 Å². The molecular formula is C11H11FN4O3. The van der Waals surface area contributed by atoms with Gasteiger partial charge in [-0.1, -0.05) is 0 Å². The number of nitro groups is 1. The normalized spacial score (nSPS) is 10.6. The molecule has 8 heteroatoms. The second-order valence-electron chi connectivity index (χ2n) is 3.82. The predicted octanol–water partition coefficient (Wildman–Crippen LogP) is 1.17. The molecule has 19 heavy (non-hydrogen) atoms. The molecule has 1 heterocycles. The molecule has 100 valence electrons. The van der Waals surface area contributed by atoms with Crippen LogP contribution in [0.3, 0.4) is 0 Å². The number of anilines is 1. The number of rotatable bonds is 4. The molecule has 0 radical (unpaired) electrons. The van der Waals surface area contributed by atoms with Crippen LogP contribution in [0.1, 0.15) is 0 Å². The Morgan fingerprint density at radius 3 is 2.84 bits per heavy atom. The maximum Gasteiger partial charge on any atom is 0.279 e. The van der Waals surface area contributed by atoms with E-state index >= 15 is 0 Å². The number of hydrogen-bond acceptors (Lipinski definition) is 5. The molecule has 1 aromatic heterocycles. The first-order valence-electron chi connectivity index (χ1n) is 5.41. The molecule has 0 spiro atoms. The molecule has 3 N–H and O–H groups in total. The summed E-state index contributed by atoms with van der Waals surface area (Å²) >= 11 is 0. The van der Waals surface area contributed by atoms with E-state index in [2.05, 4.69) is 5.10 Å². The van der Waals surface area contributed by atoms with Gasteiger partial charge in [0, 0.05) is 12.1 Å². The lowest BCUT2D eigenvalue weighted by Gasteiger charge is -2.00. The van der Waals surface area contributed by atoms with E-state index in [0.29, 0.717) is 0 Å². The van der Waals surface area contributed by atoms with Gasteiger partial charge in [0.05, 0.1) is 23.6 Å². The number of aliphatic hydroxyl groups is 1. The van der Waals surface area contributed by atoms with Crippen LogP contribution >= 0.6 is 0 Å². The summed E-state index contributed by atoms with van der Waals surface area (Å²) in [5.41, 5.74) is 5.64. The fourth-order valence-electron chi connectivity index (χ4n) is 1.71. The molecule has 0 fully saturated rings. The van der Waals surface area contributed by atoms with Crippen LogP contribution in [0, 0.1) is 15.9 Å². The zero-order chi connectivity index (χ0) is 14.0. The Hall–Kier alpha value is -2.48. The van der Waals surface area contributed by atoms with Gasteiger partial charge in [-0.05, 0) is 12.1 Å². The molecule has 0 saturated heterocycles. The molecule has 0 amide bonds. The lowest BCUT2D eigenvalue weighted by molar-refractivity contribution is -0.384. The fourth-order valence-corrected chi connectivity index (χ4v) is 1.71. The Bertz CT molecular complexity index is 626. The molecule has 0 aliphatic heterocycles. The first-order chi connectivity index (χ1) is 9.02. The van der Waals surface area contributed by atoms with Gasteiger partial charge < -0.3 is 10.8 Å². The average Bonchev–Trinajstić information content (AvgIpc) is 2.71. The van der Waals surface area contributed by atoms with Gasteiger partial charge in [-0.15, -0.1) is 0 Å². The second kappa shape index (κ2) is 5.02. The molecule has 1 aromatic carbocycles. The molecule has 2 aromatic rings. The Morgan fingerprint density at radius 1 is 1.47 bits per heavy atom. The highest BCUT2D eigenvalue weighted by Gasteiger charge is 2.19. The van der Waals surface area contributed by atoms with Crippen LogP contribution in [0.2, 0.25) is 0 Å². The van der Waals surface area contributed by atoms with Crippen LogP contribution in [-0.4, -0.2) is 26.4 Å². The minimum absolute atomic E-state index is 0.0494. The SMILES string of the molecule is Nc1cc(-c2cc(F)ccc2[N+](=O)[O-])nn1CCO. The van der Waals surface area contributed by atoms with E-state index in [9.17, 15) is 14.5 Å². The minimum Gasteiger partial charge on any atom is -0.394 e. The van der Waals surface area contributed by atoms with Gasteiger partial charge in [-0.2, -0.15) is 5.10 Å². The molecule has 0 unspecified atom stereocenters. The van der Waals surface area contributed by atoms with Gasteiger partial charge in [0.25, 0.3) is 5.69 Å². The molecule has 2 rings (SSSR count). The number of nitrogens with zero attached hydrogens (tertiary/aromatic N) is 3. The maximum atomic E-state index is 13.2. The van der Waals surface area contributed by atoms with Crippen molar-refractivity contribution in [1.29, 1.82) is 0 Å². The summed E-state index contributed by atoms with van der Waals surface area (Å²) in [6.45, 7) is -0.00842. The van der Waals surface area contributed by atoms with E-state index in [1.54, 1.807) is 0 Å². The number of nitro benzene ring substituents is 1. The summed E-state index contributed by atoms with van der Waals surface area (Å²) in [5, 5.41) is 23.7. The predicted molar refractivity (Wildman–Crippen MR) is 65.8 cm³/mol. The largest absolute Gasteiger partial charge is 0.394 e.